The normalized spacial score (nSPS) is 27.5. The van der Waals surface area contributed by atoms with Crippen LogP contribution in [0.5, 0.6) is 0 Å². The molecule has 2 aromatic heterocycles. The van der Waals surface area contributed by atoms with Crippen molar-refractivity contribution in [2.75, 3.05) is 25.6 Å². The molecule has 0 spiro atoms. The summed E-state index contributed by atoms with van der Waals surface area (Å²) in [5, 5.41) is 27.7. The van der Waals surface area contributed by atoms with Crippen molar-refractivity contribution in [1.29, 1.82) is 0 Å². The molecule has 1 aliphatic heterocycles. The summed E-state index contributed by atoms with van der Waals surface area (Å²) >= 11 is 6.17. The van der Waals surface area contributed by atoms with Gasteiger partial charge in [0.2, 0.25) is 5.28 Å². The highest BCUT2D eigenvalue weighted by atomic mass is 35.5. The largest absolute Gasteiger partial charge is 0.387 e. The zero-order valence-corrected chi connectivity index (χ0v) is 21.1. The number of nitrogens with one attached hydrogen (secondary N) is 1. The summed E-state index contributed by atoms with van der Waals surface area (Å²) in [7, 11) is -3.44. The lowest BCUT2D eigenvalue weighted by Gasteiger charge is -2.33. The third-order valence-corrected chi connectivity index (χ3v) is 8.48. The first-order chi connectivity index (χ1) is 16.6. The van der Waals surface area contributed by atoms with E-state index in [1.54, 1.807) is 6.92 Å². The van der Waals surface area contributed by atoms with Gasteiger partial charge < -0.3 is 39.5 Å². The maximum Gasteiger partial charge on any atom is 0.359 e. The molecule has 1 saturated carbocycles. The molecule has 1 aliphatic carbocycles. The number of aliphatic hydroxyl groups is 2. The Kier molecular flexibility index (Phi) is 8.01. The highest BCUT2D eigenvalue weighted by molar-refractivity contribution is 7.53. The van der Waals surface area contributed by atoms with Crippen molar-refractivity contribution >= 4 is 36.0 Å². The first-order valence-corrected chi connectivity index (χ1v) is 13.5. The summed E-state index contributed by atoms with van der Waals surface area (Å²) in [4.78, 5) is 28.2. The molecule has 4 rings (SSSR count). The quantitative estimate of drug-likeness (QED) is 0.218. The van der Waals surface area contributed by atoms with E-state index in [2.05, 4.69) is 20.4 Å². The zero-order chi connectivity index (χ0) is 25.4. The lowest BCUT2D eigenvalue weighted by molar-refractivity contribution is -0.114. The topological polar surface area (TPSA) is 181 Å². The molecular weight excluding hydrogens is 505 g/mol. The molecule has 1 saturated heterocycles. The third kappa shape index (κ3) is 5.20. The van der Waals surface area contributed by atoms with Gasteiger partial charge in [-0.1, -0.05) is 19.8 Å². The van der Waals surface area contributed by atoms with E-state index < -0.39 is 44.1 Å². The number of fused-ring (bicyclic) bond motifs is 1. The van der Waals surface area contributed by atoms with E-state index in [0.29, 0.717) is 16.9 Å². The molecule has 0 radical (unpaired) electrons. The number of aromatic nitrogens is 4. The fourth-order valence-corrected chi connectivity index (χ4v) is 5.73. The number of halogens is 1. The molecule has 13 nitrogen and oxygen atoms in total. The second-order valence-electron chi connectivity index (χ2n) is 8.93. The van der Waals surface area contributed by atoms with Crippen LogP contribution in [0.3, 0.4) is 0 Å². The number of methoxy groups -OCH3 is 1. The van der Waals surface area contributed by atoms with E-state index >= 15 is 0 Å². The molecule has 1 unspecified atom stereocenters. The number of ether oxygens (including phenoxy) is 3. The minimum atomic E-state index is -4.74. The molecule has 5 N–H and O–H groups in total. The monoisotopic (exact) mass is 535 g/mol. The molecule has 0 aromatic carbocycles. The van der Waals surface area contributed by atoms with Crippen LogP contribution in [0.2, 0.25) is 5.28 Å². The van der Waals surface area contributed by atoms with Crippen molar-refractivity contribution in [3.8, 4) is 0 Å². The summed E-state index contributed by atoms with van der Waals surface area (Å²) in [6.45, 7) is 0.789. The van der Waals surface area contributed by atoms with Gasteiger partial charge in [0.25, 0.3) is 0 Å². The molecule has 196 valence electrons. The van der Waals surface area contributed by atoms with Gasteiger partial charge >= 0.3 is 7.60 Å². The molecule has 2 aromatic rings. The van der Waals surface area contributed by atoms with Crippen molar-refractivity contribution < 1.29 is 38.8 Å². The highest BCUT2D eigenvalue weighted by Crippen LogP contribution is 2.53. The Morgan fingerprint density at radius 3 is 2.63 bits per heavy atom. The van der Waals surface area contributed by atoms with Crippen molar-refractivity contribution in [2.45, 2.75) is 75.0 Å². The molecule has 0 bridgehead atoms. The van der Waals surface area contributed by atoms with Gasteiger partial charge in [0.15, 0.2) is 17.2 Å². The molecule has 3 heterocycles. The predicted octanol–water partition coefficient (Wildman–Crippen LogP) is 1.40. The SMILES string of the molecule is CCC(COC)(OC[C@H]1O[C@@H](n2ncc3c(NC4CCCC4)nc(Cl)nc32)[C@H](O)[C@@H]1O)P(=O)(O)O. The van der Waals surface area contributed by atoms with E-state index in [-0.39, 0.29) is 24.4 Å². The molecule has 5 atom stereocenters. The van der Waals surface area contributed by atoms with E-state index in [1.807, 2.05) is 0 Å². The second-order valence-corrected chi connectivity index (χ2v) is 11.2. The highest BCUT2D eigenvalue weighted by Gasteiger charge is 2.50. The van der Waals surface area contributed by atoms with Crippen LogP contribution in [0.4, 0.5) is 5.82 Å². The van der Waals surface area contributed by atoms with Crippen molar-refractivity contribution in [3.05, 3.63) is 11.5 Å². The van der Waals surface area contributed by atoms with Gasteiger partial charge in [-0.2, -0.15) is 15.1 Å². The summed E-state index contributed by atoms with van der Waals surface area (Å²) in [5.41, 5.74) is 0.306. The molecular formula is C20H31ClN5O8P. The van der Waals surface area contributed by atoms with Crippen LogP contribution in [0.15, 0.2) is 6.20 Å². The van der Waals surface area contributed by atoms with Crippen LogP contribution in [0.1, 0.15) is 45.3 Å². The summed E-state index contributed by atoms with van der Waals surface area (Å²) < 4.78 is 29.8. The predicted molar refractivity (Wildman–Crippen MR) is 125 cm³/mol. The van der Waals surface area contributed by atoms with Gasteiger partial charge in [0, 0.05) is 13.2 Å². The van der Waals surface area contributed by atoms with Gasteiger partial charge in [-0.15, -0.1) is 0 Å². The number of rotatable bonds is 10. The van der Waals surface area contributed by atoms with Crippen LogP contribution >= 0.6 is 19.2 Å². The number of aliphatic hydroxyl groups excluding tert-OH is 2. The summed E-state index contributed by atoms with van der Waals surface area (Å²) in [6, 6.07) is 0.268. The Morgan fingerprint density at radius 1 is 1.29 bits per heavy atom. The van der Waals surface area contributed by atoms with E-state index in [1.165, 1.54) is 18.0 Å². The third-order valence-electron chi connectivity index (χ3n) is 6.67. The summed E-state index contributed by atoms with van der Waals surface area (Å²) in [5.74, 6) is 0.528. The molecule has 0 amide bonds. The number of hydrogen-bond acceptors (Lipinski definition) is 10. The molecule has 2 aliphatic rings. The van der Waals surface area contributed by atoms with Crippen LogP contribution in [-0.2, 0) is 18.8 Å². The Labute approximate surface area is 206 Å². The van der Waals surface area contributed by atoms with Crippen LogP contribution < -0.4 is 5.32 Å². The first kappa shape index (κ1) is 26.6. The number of nitrogens with zero attached hydrogens (tertiary/aromatic N) is 4. The minimum absolute atomic E-state index is 0.0124. The standard InChI is InChI=1S/C20H31ClN5O8P/c1-3-20(10-32-2,35(29,30)31)33-9-13-14(27)15(28)18(34-13)26-17-12(8-22-26)16(24-19(21)25-17)23-11-6-4-5-7-11/h8,11,13-15,18,27-28H,3-7,9-10H2,1-2H3,(H,23,24,25)(H2,29,30,31)/t13-,14-,15-,18-,20?/m1/s1. The minimum Gasteiger partial charge on any atom is -0.387 e. The Bertz CT molecular complexity index is 1080. The van der Waals surface area contributed by atoms with Crippen molar-refractivity contribution in [3.63, 3.8) is 0 Å². The molecule has 15 heteroatoms. The van der Waals surface area contributed by atoms with Gasteiger partial charge in [0.05, 0.1) is 24.8 Å². The van der Waals surface area contributed by atoms with Crippen LogP contribution in [0.25, 0.3) is 11.0 Å². The van der Waals surface area contributed by atoms with E-state index in [0.717, 1.165) is 25.7 Å². The Balaban J connectivity index is 1.56. The maximum absolute atomic E-state index is 12.1. The van der Waals surface area contributed by atoms with Crippen molar-refractivity contribution in [1.82, 2.24) is 19.7 Å². The van der Waals surface area contributed by atoms with Gasteiger partial charge in [0.1, 0.15) is 24.1 Å². The van der Waals surface area contributed by atoms with E-state index in [4.69, 9.17) is 25.8 Å². The number of anilines is 1. The Hall–Kier alpha value is -1.41. The van der Waals surface area contributed by atoms with Crippen molar-refractivity contribution in [2.24, 2.45) is 0 Å². The fourth-order valence-electron chi connectivity index (χ4n) is 4.61. The van der Waals surface area contributed by atoms with Gasteiger partial charge in [-0.3, -0.25) is 4.57 Å². The number of hydrogen-bond donors (Lipinski definition) is 5. The zero-order valence-electron chi connectivity index (χ0n) is 19.4. The van der Waals surface area contributed by atoms with Gasteiger partial charge in [-0.05, 0) is 30.9 Å². The molecule has 35 heavy (non-hydrogen) atoms. The summed E-state index contributed by atoms with van der Waals surface area (Å²) in [6.07, 6.45) is 0.717. The lowest BCUT2D eigenvalue weighted by atomic mass is 10.1. The Morgan fingerprint density at radius 2 is 2.00 bits per heavy atom. The molecule has 2 fully saturated rings. The van der Waals surface area contributed by atoms with Crippen LogP contribution in [-0.4, -0.2) is 89.8 Å². The fraction of sp³-hybridized carbons (Fsp3) is 0.750. The lowest BCUT2D eigenvalue weighted by Crippen LogP contribution is -2.41. The average molecular weight is 536 g/mol. The average Bonchev–Trinajstić information content (AvgIpc) is 3.52. The maximum atomic E-state index is 12.1. The van der Waals surface area contributed by atoms with Gasteiger partial charge in [-0.25, -0.2) is 4.68 Å². The first-order valence-electron chi connectivity index (χ1n) is 11.5. The second kappa shape index (κ2) is 10.5. The van der Waals surface area contributed by atoms with E-state index in [9.17, 15) is 24.6 Å². The van der Waals surface area contributed by atoms with Crippen LogP contribution in [0, 0.1) is 0 Å². The smallest absolute Gasteiger partial charge is 0.359 e.